The maximum absolute atomic E-state index is 12.4. The molecule has 1 amide bonds. The van der Waals surface area contributed by atoms with Crippen LogP contribution in [0.2, 0.25) is 5.02 Å². The Bertz CT molecular complexity index is 1280. The summed E-state index contributed by atoms with van der Waals surface area (Å²) in [5.74, 6) is -0.528. The lowest BCUT2D eigenvalue weighted by Crippen LogP contribution is -2.23. The van der Waals surface area contributed by atoms with Crippen molar-refractivity contribution in [3.63, 3.8) is 0 Å². The largest absolute Gasteiger partial charge is 0.348 e. The van der Waals surface area contributed by atoms with Crippen molar-refractivity contribution in [2.45, 2.75) is 13.5 Å². The van der Waals surface area contributed by atoms with Gasteiger partial charge in [0.15, 0.2) is 0 Å². The van der Waals surface area contributed by atoms with E-state index in [0.717, 1.165) is 27.4 Å². The minimum Gasteiger partial charge on any atom is -0.348 e. The summed E-state index contributed by atoms with van der Waals surface area (Å²) in [7, 11) is 0. The first-order valence-electron chi connectivity index (χ1n) is 9.75. The van der Waals surface area contributed by atoms with Crippen LogP contribution in [0.1, 0.15) is 21.5 Å². The lowest BCUT2D eigenvalue weighted by Gasteiger charge is -2.07. The lowest BCUT2D eigenvalue weighted by atomic mass is 10.1. The van der Waals surface area contributed by atoms with Gasteiger partial charge in [0.05, 0.1) is 10.6 Å². The van der Waals surface area contributed by atoms with Crippen molar-refractivity contribution < 1.29 is 9.72 Å². The highest BCUT2D eigenvalue weighted by molar-refractivity contribution is 7.13. The number of amides is 1. The average molecular weight is 464 g/mol. The molecule has 0 unspecified atom stereocenters. The van der Waals surface area contributed by atoms with E-state index in [9.17, 15) is 14.9 Å². The molecule has 0 saturated carbocycles. The third-order valence-corrected chi connectivity index (χ3v) is 6.03. The van der Waals surface area contributed by atoms with Crippen molar-refractivity contribution in [1.82, 2.24) is 10.3 Å². The monoisotopic (exact) mass is 463 g/mol. The fraction of sp³-hybridized carbons (Fsp3) is 0.0833. The van der Waals surface area contributed by atoms with Gasteiger partial charge in [0, 0.05) is 34.1 Å². The predicted molar refractivity (Wildman–Crippen MR) is 127 cm³/mol. The Hall–Kier alpha value is -3.55. The molecule has 1 heterocycles. The molecule has 4 rings (SSSR count). The molecule has 32 heavy (non-hydrogen) atoms. The molecule has 4 aromatic rings. The molecular weight excluding hydrogens is 446 g/mol. The zero-order valence-corrected chi connectivity index (χ0v) is 18.6. The lowest BCUT2D eigenvalue weighted by molar-refractivity contribution is -0.385. The van der Waals surface area contributed by atoms with Gasteiger partial charge in [-0.25, -0.2) is 4.98 Å². The summed E-state index contributed by atoms with van der Waals surface area (Å²) in [5.41, 5.74) is 4.73. The summed E-state index contributed by atoms with van der Waals surface area (Å²) in [4.78, 5) is 27.7. The van der Waals surface area contributed by atoms with Crippen LogP contribution < -0.4 is 5.32 Å². The summed E-state index contributed by atoms with van der Waals surface area (Å²) >= 11 is 7.38. The smallest absolute Gasteiger partial charge is 0.283 e. The van der Waals surface area contributed by atoms with E-state index in [0.29, 0.717) is 0 Å². The van der Waals surface area contributed by atoms with Gasteiger partial charge >= 0.3 is 0 Å². The first kappa shape index (κ1) is 21.7. The number of aryl methyl sites for hydroxylation is 1. The second-order valence-corrected chi connectivity index (χ2v) is 8.50. The molecule has 0 fully saturated rings. The van der Waals surface area contributed by atoms with Crippen LogP contribution in [-0.4, -0.2) is 15.8 Å². The van der Waals surface area contributed by atoms with E-state index in [1.54, 1.807) is 11.3 Å². The molecule has 3 aromatic carbocycles. The number of nitrogens with one attached hydrogen (secondary N) is 1. The third kappa shape index (κ3) is 4.85. The SMILES string of the molecule is Cc1ccc(-c2csc(-c3ccc(CNC(=O)c4ccc(Cl)cc4[N+](=O)[O-])cc3)n2)cc1. The number of hydrogen-bond donors (Lipinski definition) is 1. The molecule has 0 aliphatic heterocycles. The summed E-state index contributed by atoms with van der Waals surface area (Å²) in [6.07, 6.45) is 0. The van der Waals surface area contributed by atoms with Crippen LogP contribution in [0.3, 0.4) is 0 Å². The van der Waals surface area contributed by atoms with Crippen molar-refractivity contribution in [1.29, 1.82) is 0 Å². The highest BCUT2D eigenvalue weighted by atomic mass is 35.5. The number of hydrogen-bond acceptors (Lipinski definition) is 5. The summed E-state index contributed by atoms with van der Waals surface area (Å²) in [6, 6.07) is 19.9. The Labute approximate surface area is 193 Å². The Morgan fingerprint density at radius 1 is 1.06 bits per heavy atom. The Balaban J connectivity index is 1.43. The van der Waals surface area contributed by atoms with Crippen LogP contribution in [0.25, 0.3) is 21.8 Å². The topological polar surface area (TPSA) is 85.1 Å². The number of nitro groups is 1. The Kier molecular flexibility index (Phi) is 6.30. The van der Waals surface area contributed by atoms with E-state index in [-0.39, 0.29) is 22.8 Å². The number of halogens is 1. The van der Waals surface area contributed by atoms with Crippen molar-refractivity contribution in [3.05, 3.63) is 104 Å². The Morgan fingerprint density at radius 2 is 1.75 bits per heavy atom. The van der Waals surface area contributed by atoms with Crippen LogP contribution in [0.15, 0.2) is 72.1 Å². The van der Waals surface area contributed by atoms with Gasteiger partial charge in [-0.05, 0) is 24.6 Å². The van der Waals surface area contributed by atoms with E-state index in [2.05, 4.69) is 36.5 Å². The fourth-order valence-corrected chi connectivity index (χ4v) is 4.16. The van der Waals surface area contributed by atoms with Crippen molar-refractivity contribution in [2.75, 3.05) is 0 Å². The van der Waals surface area contributed by atoms with Crippen LogP contribution in [0, 0.1) is 17.0 Å². The molecule has 0 saturated heterocycles. The number of nitro benzene ring substituents is 1. The van der Waals surface area contributed by atoms with Gasteiger partial charge in [-0.15, -0.1) is 11.3 Å². The van der Waals surface area contributed by atoms with E-state index in [4.69, 9.17) is 16.6 Å². The Morgan fingerprint density at radius 3 is 2.44 bits per heavy atom. The molecule has 0 radical (unpaired) electrons. The highest BCUT2D eigenvalue weighted by Gasteiger charge is 2.20. The number of carbonyl (C=O) groups is 1. The summed E-state index contributed by atoms with van der Waals surface area (Å²) in [5, 5.41) is 17.1. The molecule has 0 atom stereocenters. The van der Waals surface area contributed by atoms with Crippen LogP contribution >= 0.6 is 22.9 Å². The number of aromatic nitrogens is 1. The number of rotatable bonds is 6. The third-order valence-electron chi connectivity index (χ3n) is 4.91. The minimum absolute atomic E-state index is 0.0255. The number of benzene rings is 3. The second kappa shape index (κ2) is 9.30. The number of carbonyl (C=O) groups excluding carboxylic acids is 1. The highest BCUT2D eigenvalue weighted by Crippen LogP contribution is 2.29. The van der Waals surface area contributed by atoms with E-state index in [1.807, 2.05) is 29.6 Å². The molecule has 8 heteroatoms. The quantitative estimate of drug-likeness (QED) is 0.269. The second-order valence-electron chi connectivity index (χ2n) is 7.20. The van der Waals surface area contributed by atoms with Gasteiger partial charge < -0.3 is 5.32 Å². The molecule has 0 aliphatic rings. The molecule has 1 N–H and O–H groups in total. The van der Waals surface area contributed by atoms with Gasteiger partial charge in [0.2, 0.25) is 0 Å². The normalized spacial score (nSPS) is 10.7. The van der Waals surface area contributed by atoms with Gasteiger partial charge in [-0.3, -0.25) is 14.9 Å². The molecule has 0 bridgehead atoms. The van der Waals surface area contributed by atoms with Crippen molar-refractivity contribution in [2.24, 2.45) is 0 Å². The molecule has 0 aliphatic carbocycles. The fourth-order valence-electron chi connectivity index (χ4n) is 3.15. The number of nitrogens with zero attached hydrogens (tertiary/aromatic N) is 2. The van der Waals surface area contributed by atoms with Gasteiger partial charge in [0.1, 0.15) is 10.6 Å². The molecule has 0 spiro atoms. The average Bonchev–Trinajstić information content (AvgIpc) is 3.28. The predicted octanol–water partition coefficient (Wildman–Crippen LogP) is 6.28. The van der Waals surface area contributed by atoms with Crippen molar-refractivity contribution >= 4 is 34.5 Å². The first-order valence-corrected chi connectivity index (χ1v) is 11.0. The maximum atomic E-state index is 12.4. The van der Waals surface area contributed by atoms with Gasteiger partial charge in [0.25, 0.3) is 11.6 Å². The summed E-state index contributed by atoms with van der Waals surface area (Å²) in [6.45, 7) is 2.29. The molecule has 1 aromatic heterocycles. The van der Waals surface area contributed by atoms with Gasteiger partial charge in [-0.1, -0.05) is 65.7 Å². The van der Waals surface area contributed by atoms with Crippen molar-refractivity contribution in [3.8, 4) is 21.8 Å². The standard InChI is InChI=1S/C24H18ClN3O3S/c1-15-2-6-17(7-3-15)21-14-32-24(27-21)18-8-4-16(5-9-18)13-26-23(29)20-11-10-19(25)12-22(20)28(30)31/h2-12,14H,13H2,1H3,(H,26,29). The minimum atomic E-state index is -0.617. The maximum Gasteiger partial charge on any atom is 0.283 e. The van der Waals surface area contributed by atoms with E-state index >= 15 is 0 Å². The zero-order valence-electron chi connectivity index (χ0n) is 17.0. The zero-order chi connectivity index (χ0) is 22.7. The molecular formula is C24H18ClN3O3S. The van der Waals surface area contributed by atoms with E-state index < -0.39 is 10.8 Å². The van der Waals surface area contributed by atoms with Crippen LogP contribution in [0.4, 0.5) is 5.69 Å². The molecule has 160 valence electrons. The van der Waals surface area contributed by atoms with Crippen LogP contribution in [-0.2, 0) is 6.54 Å². The van der Waals surface area contributed by atoms with E-state index in [1.165, 1.54) is 23.8 Å². The summed E-state index contributed by atoms with van der Waals surface area (Å²) < 4.78 is 0. The number of thiazole rings is 1. The van der Waals surface area contributed by atoms with Crippen LogP contribution in [0.5, 0.6) is 0 Å². The molecule has 6 nitrogen and oxygen atoms in total. The first-order chi connectivity index (χ1) is 15.4. The van der Waals surface area contributed by atoms with Gasteiger partial charge in [-0.2, -0.15) is 0 Å².